The number of hydrogen-bond acceptors (Lipinski definition) is 1. The third-order valence-electron chi connectivity index (χ3n) is 2.55. The Kier molecular flexibility index (Phi) is 4.19. The highest BCUT2D eigenvalue weighted by Crippen LogP contribution is 2.23. The highest BCUT2D eigenvalue weighted by atomic mass is 32.2. The molecule has 0 aromatic carbocycles. The van der Waals surface area contributed by atoms with E-state index in [2.05, 4.69) is 0 Å². The minimum Gasteiger partial charge on any atom is -0.259 e. The molecule has 1 aliphatic carbocycles. The summed E-state index contributed by atoms with van der Waals surface area (Å²) in [5, 5.41) is -0.190. The van der Waals surface area contributed by atoms with E-state index in [0.717, 1.165) is 25.7 Å². The summed E-state index contributed by atoms with van der Waals surface area (Å²) in [6.45, 7) is 0. The lowest BCUT2D eigenvalue weighted by molar-refractivity contribution is 0.273. The van der Waals surface area contributed by atoms with Crippen LogP contribution >= 0.6 is 0 Å². The molecule has 12 heavy (non-hydrogen) atoms. The number of rotatable bonds is 1. The van der Waals surface area contributed by atoms with E-state index in [1.807, 2.05) is 0 Å². The minimum atomic E-state index is -0.976. The molecule has 0 spiro atoms. The predicted octanol–water partition coefficient (Wildman–Crippen LogP) is 2.43. The normalized spacial score (nSPS) is 35.2. The van der Waals surface area contributed by atoms with E-state index in [1.54, 1.807) is 6.26 Å². The molecule has 1 unspecified atom stereocenters. The molecule has 0 aromatic rings. The second kappa shape index (κ2) is 4.95. The SMILES string of the molecule is CS(=O)[C@@H]1CCCCCC[C@H]1F. The Morgan fingerprint density at radius 2 is 1.75 bits per heavy atom. The number of hydrogen-bond donors (Lipinski definition) is 0. The van der Waals surface area contributed by atoms with E-state index in [-0.39, 0.29) is 5.25 Å². The molecule has 0 bridgehead atoms. The third kappa shape index (κ3) is 2.85. The highest BCUT2D eigenvalue weighted by Gasteiger charge is 2.24. The van der Waals surface area contributed by atoms with Crippen LogP contribution in [0.1, 0.15) is 38.5 Å². The average Bonchev–Trinajstić information content (AvgIpc) is 1.96. The minimum absolute atomic E-state index is 0.190. The van der Waals surface area contributed by atoms with Crippen LogP contribution in [0.3, 0.4) is 0 Å². The molecule has 1 fully saturated rings. The Bertz CT molecular complexity index is 161. The van der Waals surface area contributed by atoms with Gasteiger partial charge in [-0.05, 0) is 12.8 Å². The van der Waals surface area contributed by atoms with Crippen LogP contribution in [0.5, 0.6) is 0 Å². The van der Waals surface area contributed by atoms with Crippen LogP contribution in [0.2, 0.25) is 0 Å². The molecule has 3 atom stereocenters. The molecule has 0 radical (unpaired) electrons. The molecule has 0 saturated heterocycles. The van der Waals surface area contributed by atoms with Crippen molar-refractivity contribution in [1.82, 2.24) is 0 Å². The Balaban J connectivity index is 2.48. The summed E-state index contributed by atoms with van der Waals surface area (Å²) in [4.78, 5) is 0. The summed E-state index contributed by atoms with van der Waals surface area (Å²) >= 11 is 0. The van der Waals surface area contributed by atoms with E-state index in [1.165, 1.54) is 6.42 Å². The summed E-state index contributed by atoms with van der Waals surface area (Å²) in [7, 11) is -0.976. The molecule has 1 nitrogen and oxygen atoms in total. The standard InChI is InChI=1S/C9H17FOS/c1-12(11)9-7-5-3-2-4-6-8(9)10/h8-9H,2-7H2,1H3/t8-,9-,12?/m1/s1. The zero-order valence-electron chi connectivity index (χ0n) is 7.59. The van der Waals surface area contributed by atoms with Gasteiger partial charge in [0.2, 0.25) is 0 Å². The molecule has 72 valence electrons. The lowest BCUT2D eigenvalue weighted by Gasteiger charge is -2.21. The first-order chi connectivity index (χ1) is 5.72. The molecule has 0 heterocycles. The van der Waals surface area contributed by atoms with Gasteiger partial charge in [0.25, 0.3) is 0 Å². The molecule has 1 saturated carbocycles. The van der Waals surface area contributed by atoms with Crippen LogP contribution in [0.25, 0.3) is 0 Å². The van der Waals surface area contributed by atoms with Crippen LogP contribution in [-0.4, -0.2) is 21.9 Å². The molecule has 1 aliphatic rings. The summed E-state index contributed by atoms with van der Waals surface area (Å²) in [6.07, 6.45) is 6.56. The van der Waals surface area contributed by atoms with Gasteiger partial charge in [-0.1, -0.05) is 25.7 Å². The summed E-state index contributed by atoms with van der Waals surface area (Å²) in [6, 6.07) is 0. The van der Waals surface area contributed by atoms with Crippen molar-refractivity contribution < 1.29 is 8.60 Å². The summed E-state index contributed by atoms with van der Waals surface area (Å²) in [5.74, 6) is 0. The van der Waals surface area contributed by atoms with Gasteiger partial charge in [0, 0.05) is 17.1 Å². The van der Waals surface area contributed by atoms with Crippen molar-refractivity contribution in [3.8, 4) is 0 Å². The summed E-state index contributed by atoms with van der Waals surface area (Å²) in [5.41, 5.74) is 0. The van der Waals surface area contributed by atoms with Crippen molar-refractivity contribution in [3.63, 3.8) is 0 Å². The second-order valence-electron chi connectivity index (χ2n) is 3.54. The van der Waals surface area contributed by atoms with Gasteiger partial charge < -0.3 is 0 Å². The van der Waals surface area contributed by atoms with Gasteiger partial charge in [0.05, 0.1) is 5.25 Å². The topological polar surface area (TPSA) is 17.1 Å². The van der Waals surface area contributed by atoms with Gasteiger partial charge in [-0.3, -0.25) is 4.21 Å². The Hall–Kier alpha value is 0.0800. The highest BCUT2D eigenvalue weighted by molar-refractivity contribution is 7.84. The van der Waals surface area contributed by atoms with Crippen LogP contribution in [0, 0.1) is 0 Å². The zero-order valence-corrected chi connectivity index (χ0v) is 8.41. The molecular formula is C9H17FOS. The summed E-state index contributed by atoms with van der Waals surface area (Å²) < 4.78 is 24.5. The molecule has 0 amide bonds. The maximum Gasteiger partial charge on any atom is 0.114 e. The number of halogens is 1. The van der Waals surface area contributed by atoms with E-state index in [0.29, 0.717) is 6.42 Å². The fraction of sp³-hybridized carbons (Fsp3) is 1.00. The van der Waals surface area contributed by atoms with Gasteiger partial charge in [0.15, 0.2) is 0 Å². The van der Waals surface area contributed by atoms with Crippen molar-refractivity contribution >= 4 is 10.8 Å². The van der Waals surface area contributed by atoms with E-state index < -0.39 is 17.0 Å². The van der Waals surface area contributed by atoms with Crippen molar-refractivity contribution in [2.45, 2.75) is 49.9 Å². The van der Waals surface area contributed by atoms with E-state index >= 15 is 0 Å². The van der Waals surface area contributed by atoms with Crippen LogP contribution < -0.4 is 0 Å². The molecule has 0 N–H and O–H groups in total. The first kappa shape index (κ1) is 10.2. The zero-order chi connectivity index (χ0) is 8.97. The molecule has 3 heteroatoms. The van der Waals surface area contributed by atoms with Crippen molar-refractivity contribution in [2.75, 3.05) is 6.26 Å². The Morgan fingerprint density at radius 3 is 2.33 bits per heavy atom. The molecule has 0 aromatic heterocycles. The molecular weight excluding hydrogens is 175 g/mol. The van der Waals surface area contributed by atoms with Crippen LogP contribution in [0.4, 0.5) is 4.39 Å². The first-order valence-corrected chi connectivity index (χ1v) is 6.30. The smallest absolute Gasteiger partial charge is 0.114 e. The maximum atomic E-state index is 13.3. The number of alkyl halides is 1. The van der Waals surface area contributed by atoms with Crippen molar-refractivity contribution in [2.24, 2.45) is 0 Å². The van der Waals surface area contributed by atoms with Gasteiger partial charge in [-0.15, -0.1) is 0 Å². The van der Waals surface area contributed by atoms with Crippen LogP contribution in [-0.2, 0) is 10.8 Å². The Labute approximate surface area is 76.2 Å². The maximum absolute atomic E-state index is 13.3. The monoisotopic (exact) mass is 192 g/mol. The van der Waals surface area contributed by atoms with E-state index in [9.17, 15) is 8.60 Å². The van der Waals surface area contributed by atoms with Gasteiger partial charge in [-0.25, -0.2) is 4.39 Å². The lowest BCUT2D eigenvalue weighted by Crippen LogP contribution is -2.27. The first-order valence-electron chi connectivity index (χ1n) is 4.68. The van der Waals surface area contributed by atoms with Crippen LogP contribution in [0.15, 0.2) is 0 Å². The largest absolute Gasteiger partial charge is 0.259 e. The van der Waals surface area contributed by atoms with Gasteiger partial charge in [0.1, 0.15) is 6.17 Å². The van der Waals surface area contributed by atoms with Crippen molar-refractivity contribution in [1.29, 1.82) is 0 Å². The second-order valence-corrected chi connectivity index (χ2v) is 5.15. The fourth-order valence-corrected chi connectivity index (χ4v) is 2.83. The Morgan fingerprint density at radius 1 is 1.17 bits per heavy atom. The quantitative estimate of drug-likeness (QED) is 0.623. The fourth-order valence-electron chi connectivity index (χ4n) is 1.78. The third-order valence-corrected chi connectivity index (χ3v) is 3.93. The van der Waals surface area contributed by atoms with Gasteiger partial charge in [-0.2, -0.15) is 0 Å². The molecule has 1 rings (SSSR count). The average molecular weight is 192 g/mol. The van der Waals surface area contributed by atoms with Gasteiger partial charge >= 0.3 is 0 Å². The van der Waals surface area contributed by atoms with E-state index in [4.69, 9.17) is 0 Å². The van der Waals surface area contributed by atoms with Crippen molar-refractivity contribution in [3.05, 3.63) is 0 Å². The molecule has 0 aliphatic heterocycles. The predicted molar refractivity (Wildman–Crippen MR) is 50.5 cm³/mol. The lowest BCUT2D eigenvalue weighted by atomic mass is 9.99.